The fourth-order valence-electron chi connectivity index (χ4n) is 4.73. The van der Waals surface area contributed by atoms with Crippen LogP contribution in [0.2, 0.25) is 0 Å². The fraction of sp³-hybridized carbons (Fsp3) is 0.406. The van der Waals surface area contributed by atoms with Crippen LogP contribution in [0.15, 0.2) is 91.0 Å². The van der Waals surface area contributed by atoms with Gasteiger partial charge in [0, 0.05) is 14.2 Å². The Kier molecular flexibility index (Phi) is 12.3. The molecular weight excluding hydrogens is 528 g/mol. The number of ether oxygens (including phenoxy) is 8. The van der Waals surface area contributed by atoms with Gasteiger partial charge in [-0.1, -0.05) is 91.0 Å². The van der Waals surface area contributed by atoms with Crippen molar-refractivity contribution in [3.8, 4) is 0 Å². The van der Waals surface area contributed by atoms with Crippen LogP contribution in [0, 0.1) is 0 Å². The monoisotopic (exact) mass is 566 g/mol. The molecule has 1 fully saturated rings. The molecule has 3 aromatic carbocycles. The highest BCUT2D eigenvalue weighted by Crippen LogP contribution is 2.41. The van der Waals surface area contributed by atoms with Crippen LogP contribution in [0.1, 0.15) is 16.7 Å². The number of esters is 1. The van der Waals surface area contributed by atoms with Gasteiger partial charge in [0.2, 0.25) is 0 Å². The Morgan fingerprint density at radius 3 is 1.59 bits per heavy atom. The standard InChI is InChI=1S/C32H38O9/c1-34-18-20-36-23-38-29-28(41-31(33)30(29)39-24-37-21-19-35-2)22-40-32(25-12-6-3-7-13-25,26-14-8-4-9-15-26)27-16-10-5-11-17-27/h3-17,28-30H,18-24H2,1-2H3/t28-,29-,30+/m0/s1. The number of carbonyl (C=O) groups is 1. The molecule has 1 heterocycles. The molecule has 0 spiro atoms. The van der Waals surface area contributed by atoms with Gasteiger partial charge in [0.25, 0.3) is 0 Å². The minimum Gasteiger partial charge on any atom is -0.455 e. The number of rotatable bonds is 18. The van der Waals surface area contributed by atoms with Crippen molar-refractivity contribution >= 4 is 5.97 Å². The summed E-state index contributed by atoms with van der Waals surface area (Å²) in [6, 6.07) is 29.9. The highest BCUT2D eigenvalue weighted by molar-refractivity contribution is 5.78. The zero-order valence-corrected chi connectivity index (χ0v) is 23.5. The average Bonchev–Trinajstić information content (AvgIpc) is 3.32. The molecule has 0 N–H and O–H groups in total. The molecule has 3 atom stereocenters. The third-order valence-corrected chi connectivity index (χ3v) is 6.71. The van der Waals surface area contributed by atoms with Crippen LogP contribution in [0.4, 0.5) is 0 Å². The summed E-state index contributed by atoms with van der Waals surface area (Å²) in [7, 11) is 3.17. The quantitative estimate of drug-likeness (QED) is 0.0983. The van der Waals surface area contributed by atoms with E-state index in [-0.39, 0.29) is 20.2 Å². The molecule has 0 unspecified atom stereocenters. The molecule has 0 bridgehead atoms. The van der Waals surface area contributed by atoms with E-state index in [1.54, 1.807) is 14.2 Å². The Balaban J connectivity index is 1.60. The molecule has 9 nitrogen and oxygen atoms in total. The number of methoxy groups -OCH3 is 2. The summed E-state index contributed by atoms with van der Waals surface area (Å²) in [5.41, 5.74) is 1.81. The van der Waals surface area contributed by atoms with Gasteiger partial charge in [-0.15, -0.1) is 0 Å². The molecule has 4 rings (SSSR count). The molecule has 9 heteroatoms. The van der Waals surface area contributed by atoms with Gasteiger partial charge in [0.1, 0.15) is 25.3 Å². The molecule has 0 aliphatic carbocycles. The van der Waals surface area contributed by atoms with Crippen LogP contribution in [0.3, 0.4) is 0 Å². The predicted octanol–water partition coefficient (Wildman–Crippen LogP) is 3.93. The minimum atomic E-state index is -1.02. The Bertz CT molecular complexity index is 1050. The predicted molar refractivity (Wildman–Crippen MR) is 150 cm³/mol. The number of hydrogen-bond acceptors (Lipinski definition) is 9. The van der Waals surface area contributed by atoms with Crippen molar-refractivity contribution < 1.29 is 42.7 Å². The number of hydrogen-bond donors (Lipinski definition) is 0. The summed E-state index contributed by atoms with van der Waals surface area (Å²) < 4.78 is 45.4. The topological polar surface area (TPSA) is 90.9 Å². The van der Waals surface area contributed by atoms with Gasteiger partial charge in [-0.25, -0.2) is 4.79 Å². The smallest absolute Gasteiger partial charge is 0.338 e. The molecule has 0 saturated carbocycles. The van der Waals surface area contributed by atoms with E-state index in [0.717, 1.165) is 16.7 Å². The van der Waals surface area contributed by atoms with Crippen molar-refractivity contribution in [1.82, 2.24) is 0 Å². The lowest BCUT2D eigenvalue weighted by Crippen LogP contribution is -2.42. The van der Waals surface area contributed by atoms with Crippen molar-refractivity contribution in [1.29, 1.82) is 0 Å². The highest BCUT2D eigenvalue weighted by Gasteiger charge is 2.49. The maximum Gasteiger partial charge on any atom is 0.338 e. The van der Waals surface area contributed by atoms with Crippen LogP contribution < -0.4 is 0 Å². The van der Waals surface area contributed by atoms with Crippen molar-refractivity contribution in [2.45, 2.75) is 23.9 Å². The summed E-state index contributed by atoms with van der Waals surface area (Å²) in [4.78, 5) is 13.0. The van der Waals surface area contributed by atoms with E-state index in [9.17, 15) is 4.79 Å². The van der Waals surface area contributed by atoms with E-state index in [2.05, 4.69) is 0 Å². The van der Waals surface area contributed by atoms with Crippen LogP contribution in [-0.4, -0.2) is 85.1 Å². The maximum atomic E-state index is 13.0. The summed E-state index contributed by atoms with van der Waals surface area (Å²) in [5, 5.41) is 0. The van der Waals surface area contributed by atoms with Gasteiger partial charge >= 0.3 is 5.97 Å². The third-order valence-electron chi connectivity index (χ3n) is 6.71. The number of cyclic esters (lactones) is 1. The van der Waals surface area contributed by atoms with Crippen LogP contribution in [0.25, 0.3) is 0 Å². The van der Waals surface area contributed by atoms with Gasteiger partial charge in [-0.3, -0.25) is 0 Å². The van der Waals surface area contributed by atoms with E-state index in [1.807, 2.05) is 91.0 Å². The second-order valence-corrected chi connectivity index (χ2v) is 9.32. The van der Waals surface area contributed by atoms with Crippen LogP contribution in [-0.2, 0) is 48.3 Å². The Morgan fingerprint density at radius 1 is 0.659 bits per heavy atom. The lowest BCUT2D eigenvalue weighted by molar-refractivity contribution is -0.173. The van der Waals surface area contributed by atoms with Crippen molar-refractivity contribution in [3.63, 3.8) is 0 Å². The summed E-state index contributed by atoms with van der Waals surface area (Å²) in [6.07, 6.45) is -2.58. The molecule has 0 amide bonds. The first kappa shape index (κ1) is 30.8. The molecule has 0 aromatic heterocycles. The maximum absolute atomic E-state index is 13.0. The molecule has 1 aliphatic rings. The first-order valence-electron chi connectivity index (χ1n) is 13.6. The van der Waals surface area contributed by atoms with E-state index >= 15 is 0 Å². The Hall–Kier alpha value is -3.15. The van der Waals surface area contributed by atoms with Gasteiger partial charge in [-0.2, -0.15) is 0 Å². The van der Waals surface area contributed by atoms with E-state index in [1.165, 1.54) is 0 Å². The fourth-order valence-corrected chi connectivity index (χ4v) is 4.73. The van der Waals surface area contributed by atoms with Crippen molar-refractivity contribution in [2.75, 3.05) is 60.8 Å². The highest BCUT2D eigenvalue weighted by atomic mass is 16.7. The molecular formula is C32H38O9. The summed E-state index contributed by atoms with van der Waals surface area (Å²) >= 11 is 0. The first-order chi connectivity index (χ1) is 20.2. The largest absolute Gasteiger partial charge is 0.455 e. The Labute approximate surface area is 241 Å². The van der Waals surface area contributed by atoms with Crippen molar-refractivity contribution in [2.24, 2.45) is 0 Å². The Morgan fingerprint density at radius 2 is 1.12 bits per heavy atom. The average molecular weight is 567 g/mol. The van der Waals surface area contributed by atoms with Crippen LogP contribution in [0.5, 0.6) is 0 Å². The third kappa shape index (κ3) is 7.99. The van der Waals surface area contributed by atoms with Crippen molar-refractivity contribution in [3.05, 3.63) is 108 Å². The SMILES string of the molecule is COCCOCO[C@H]1[C@H](COC(c2ccccc2)(c2ccccc2)c2ccccc2)OC(=O)[C@@H]1OCOCCOC. The molecule has 1 saturated heterocycles. The first-order valence-corrected chi connectivity index (χ1v) is 13.6. The minimum absolute atomic E-state index is 0.0253. The lowest BCUT2D eigenvalue weighted by Gasteiger charge is -2.37. The normalized spacial score (nSPS) is 18.9. The molecule has 1 aliphatic heterocycles. The molecule has 3 aromatic rings. The summed E-state index contributed by atoms with van der Waals surface area (Å²) in [5.74, 6) is -0.555. The second-order valence-electron chi connectivity index (χ2n) is 9.32. The summed E-state index contributed by atoms with van der Waals surface area (Å²) in [6.45, 7) is 1.31. The van der Waals surface area contributed by atoms with Gasteiger partial charge in [0.15, 0.2) is 12.2 Å². The second kappa shape index (κ2) is 16.3. The number of carbonyl (C=O) groups excluding carboxylic acids is 1. The molecule has 220 valence electrons. The van der Waals surface area contributed by atoms with E-state index < -0.39 is 29.9 Å². The van der Waals surface area contributed by atoms with E-state index in [0.29, 0.717) is 26.4 Å². The van der Waals surface area contributed by atoms with E-state index in [4.69, 9.17) is 37.9 Å². The lowest BCUT2D eigenvalue weighted by atomic mass is 9.80. The van der Waals surface area contributed by atoms with Crippen LogP contribution >= 0.6 is 0 Å². The van der Waals surface area contributed by atoms with Gasteiger partial charge in [-0.05, 0) is 16.7 Å². The van der Waals surface area contributed by atoms with Gasteiger partial charge in [0.05, 0.1) is 33.0 Å². The molecule has 0 radical (unpaired) electrons. The zero-order chi connectivity index (χ0) is 28.8. The zero-order valence-electron chi connectivity index (χ0n) is 23.5. The number of benzene rings is 3. The van der Waals surface area contributed by atoms with Gasteiger partial charge < -0.3 is 37.9 Å². The molecule has 41 heavy (non-hydrogen) atoms.